The highest BCUT2D eigenvalue weighted by Crippen LogP contribution is 2.44. The zero-order chi connectivity index (χ0) is 78.3. The number of carbonyl (C=O) groups is 6. The number of aromatic nitrogens is 15. The number of nitrogens with zero attached hydrogens (tertiary/aromatic N) is 15. The molecule has 3 fully saturated rings. The molecule has 3 amide bonds. The molecule has 3 saturated heterocycles. The molecule has 30 nitrogen and oxygen atoms in total. The lowest BCUT2D eigenvalue weighted by Gasteiger charge is -2.13. The molecular weight excluding hydrogens is 1560 g/mol. The van der Waals surface area contributed by atoms with Crippen LogP contribution in [0, 0.1) is 0 Å². The van der Waals surface area contributed by atoms with Crippen molar-refractivity contribution in [2.75, 3.05) is 35.8 Å². The molecule has 0 aliphatic carbocycles. The van der Waals surface area contributed by atoms with Gasteiger partial charge in [0.1, 0.15) is 51.0 Å². The second-order valence-electron chi connectivity index (χ2n) is 23.0. The fourth-order valence-corrected chi connectivity index (χ4v) is 13.1. The third-order valence-corrected chi connectivity index (χ3v) is 18.2. The number of ether oxygens (including phenoxy) is 6. The first-order chi connectivity index (χ1) is 53.4. The van der Waals surface area contributed by atoms with Crippen LogP contribution in [0.25, 0.3) is 50.7 Å². The maximum absolute atomic E-state index is 13.2. The van der Waals surface area contributed by atoms with E-state index in [9.17, 15) is 81.5 Å². The van der Waals surface area contributed by atoms with Crippen LogP contribution in [0.3, 0.4) is 0 Å². The highest BCUT2D eigenvalue weighted by molar-refractivity contribution is 8.00. The number of amides is 3. The number of cyclic esters (lactones) is 3. The Labute approximate surface area is 625 Å². The maximum atomic E-state index is 13.2. The summed E-state index contributed by atoms with van der Waals surface area (Å²) in [6.07, 6.45) is 17.9. The summed E-state index contributed by atoms with van der Waals surface area (Å²) in [6.45, 7) is -9.22. The summed E-state index contributed by atoms with van der Waals surface area (Å²) in [5, 5.41) is 33.1. The Morgan fingerprint density at radius 2 is 0.703 bits per heavy atom. The van der Waals surface area contributed by atoms with Crippen molar-refractivity contribution >= 4 is 105 Å². The molecule has 1 unspecified atom stereocenters. The number of halogens is 12. The average molecular weight is 1610 g/mol. The Bertz CT molecular complexity index is 4950. The number of carbonyl (C=O) groups excluding carboxylic acids is 6. The molecule has 576 valence electrons. The molecule has 3 aromatic carbocycles. The zero-order valence-corrected chi connectivity index (χ0v) is 58.1. The maximum Gasteiger partial charge on any atom is 0.387 e. The molecule has 0 bridgehead atoms. The number of thioether (sulfide) groups is 3. The molecule has 3 atom stereocenters. The van der Waals surface area contributed by atoms with E-state index in [0.29, 0.717) is 0 Å². The van der Waals surface area contributed by atoms with Crippen LogP contribution < -0.4 is 30.2 Å². The number of benzene rings is 3. The SMILES string of the molecule is O=C(Nc1cn(C2CCOC2=O)nc1-c1cc(SC(F)F)ccc1OC(F)F)c1cnn2cccnc12.O=C(Nc1cn([C@@H]2CCOC2=O)nc1-c1cc(SC(F)F)ccc1OC(F)F)c1cnn2cccnc12.O=C(Nc1cn([C@H]2CCOC2=O)nc1-c1cc(SC(F)F)ccc1OC(F)F)c1cnn2cccnc12. The number of hydrogen-bond acceptors (Lipinski definition) is 24. The summed E-state index contributed by atoms with van der Waals surface area (Å²) in [4.78, 5) is 88.5. The number of anilines is 3. The molecule has 12 heterocycles. The van der Waals surface area contributed by atoms with Gasteiger partial charge in [0, 0.05) is 87.8 Å². The molecule has 45 heteroatoms. The van der Waals surface area contributed by atoms with Crippen LogP contribution in [0.1, 0.15) is 68.5 Å². The predicted octanol–water partition coefficient (Wildman–Crippen LogP) is 12.7. The van der Waals surface area contributed by atoms with Crippen molar-refractivity contribution in [3.63, 3.8) is 0 Å². The van der Waals surface area contributed by atoms with Gasteiger partial charge in [-0.2, -0.15) is 83.3 Å². The minimum Gasteiger partial charge on any atom is -0.464 e. The number of rotatable bonds is 24. The van der Waals surface area contributed by atoms with Crippen molar-refractivity contribution in [3.05, 3.63) is 164 Å². The van der Waals surface area contributed by atoms with Crippen molar-refractivity contribution < 1.29 is 110 Å². The molecule has 111 heavy (non-hydrogen) atoms. The van der Waals surface area contributed by atoms with Crippen molar-refractivity contribution in [1.82, 2.24) is 73.1 Å². The highest BCUT2D eigenvalue weighted by atomic mass is 32.2. The Kier molecular flexibility index (Phi) is 23.2. The van der Waals surface area contributed by atoms with Gasteiger partial charge in [-0.05, 0) is 72.8 Å². The summed E-state index contributed by atoms with van der Waals surface area (Å²) in [7, 11) is 0. The molecule has 15 rings (SSSR count). The van der Waals surface area contributed by atoms with Gasteiger partial charge in [0.25, 0.3) is 35.0 Å². The van der Waals surface area contributed by atoms with E-state index in [1.54, 1.807) is 36.8 Å². The average Bonchev–Trinajstić information content (AvgIpc) is 1.63. The first kappa shape index (κ1) is 76.8. The van der Waals surface area contributed by atoms with Gasteiger partial charge >= 0.3 is 37.7 Å². The van der Waals surface area contributed by atoms with Crippen LogP contribution in [-0.2, 0) is 28.6 Å². The van der Waals surface area contributed by atoms with E-state index in [-0.39, 0.29) is 191 Å². The smallest absolute Gasteiger partial charge is 0.387 e. The van der Waals surface area contributed by atoms with Crippen LogP contribution in [0.4, 0.5) is 69.7 Å². The number of esters is 3. The van der Waals surface area contributed by atoms with Crippen LogP contribution in [0.15, 0.2) is 162 Å². The van der Waals surface area contributed by atoms with E-state index < -0.39 is 90.9 Å². The quantitative estimate of drug-likeness (QED) is 0.0219. The van der Waals surface area contributed by atoms with Gasteiger partial charge in [-0.25, -0.2) is 42.9 Å². The van der Waals surface area contributed by atoms with Gasteiger partial charge in [0.15, 0.2) is 35.1 Å². The third kappa shape index (κ3) is 17.7. The third-order valence-electron chi connectivity index (χ3n) is 16.1. The molecule has 3 aliphatic rings. The Morgan fingerprint density at radius 1 is 0.423 bits per heavy atom. The second-order valence-corrected chi connectivity index (χ2v) is 26.2. The van der Waals surface area contributed by atoms with E-state index >= 15 is 0 Å². The fraction of sp³-hybridized carbons (Fsp3) is 0.227. The number of nitrogens with one attached hydrogen (secondary N) is 3. The van der Waals surface area contributed by atoms with Crippen molar-refractivity contribution in [2.24, 2.45) is 0 Å². The first-order valence-electron chi connectivity index (χ1n) is 32.1. The summed E-state index contributed by atoms with van der Waals surface area (Å²) in [6, 6.07) is 12.9. The lowest BCUT2D eigenvalue weighted by atomic mass is 10.1. The fourth-order valence-electron chi connectivity index (χ4n) is 11.4. The van der Waals surface area contributed by atoms with E-state index in [1.165, 1.54) is 120 Å². The lowest BCUT2D eigenvalue weighted by molar-refractivity contribution is -0.141. The van der Waals surface area contributed by atoms with Gasteiger partial charge in [-0.1, -0.05) is 35.3 Å². The normalized spacial score (nSPS) is 15.5. The van der Waals surface area contributed by atoms with Gasteiger partial charge < -0.3 is 44.4 Å². The van der Waals surface area contributed by atoms with Crippen LogP contribution in [-0.4, -0.2) is 166 Å². The molecule has 3 N–H and O–H groups in total. The molecule has 12 aromatic rings. The molecule has 0 spiro atoms. The Hall–Kier alpha value is -12.4. The van der Waals surface area contributed by atoms with Crippen LogP contribution in [0.5, 0.6) is 17.2 Å². The van der Waals surface area contributed by atoms with E-state index in [1.807, 2.05) is 0 Å². The summed E-state index contributed by atoms with van der Waals surface area (Å²) >= 11 is 0.585. The zero-order valence-electron chi connectivity index (χ0n) is 55.7. The minimum atomic E-state index is -3.22. The molecule has 0 saturated carbocycles. The Balaban J connectivity index is 0.000000146. The topological polar surface area (TPSA) is 338 Å². The predicted molar refractivity (Wildman–Crippen MR) is 365 cm³/mol. The number of fused-ring (bicyclic) bond motifs is 3. The first-order valence-corrected chi connectivity index (χ1v) is 34.7. The molecule has 3 aliphatic heterocycles. The van der Waals surface area contributed by atoms with Gasteiger partial charge in [0.05, 0.1) is 74.1 Å². The van der Waals surface area contributed by atoms with E-state index in [0.717, 1.165) is 18.2 Å². The largest absolute Gasteiger partial charge is 0.464 e. The standard InChI is InChI=1S/3C22H16F4N6O4S/c3*23-21(24)36-16-3-2-11(37-22(25)26)8-12(16)17-14(10-32(30-17)15-4-7-35-20(15)34)29-19(33)13-9-28-31-6-1-5-27-18(13)31/h3*1-3,5-6,8-10,15,21-22H,4,7H2,(H,29,33)/t2*15-;/m10./s1. The van der Waals surface area contributed by atoms with Gasteiger partial charge in [-0.15, -0.1) is 0 Å². The summed E-state index contributed by atoms with van der Waals surface area (Å²) in [5.41, 5.74) is 0.593. The van der Waals surface area contributed by atoms with E-state index in [2.05, 4.69) is 75.7 Å². The lowest BCUT2D eigenvalue weighted by Crippen LogP contribution is -2.15. The number of hydrogen-bond donors (Lipinski definition) is 3. The second kappa shape index (κ2) is 33.6. The molecule has 9 aromatic heterocycles. The summed E-state index contributed by atoms with van der Waals surface area (Å²) in [5.74, 6) is -13.1. The number of alkyl halides is 12. The van der Waals surface area contributed by atoms with E-state index in [4.69, 9.17) is 14.2 Å². The summed E-state index contributed by atoms with van der Waals surface area (Å²) < 4.78 is 194. The minimum absolute atomic E-state index is 0.0123. The van der Waals surface area contributed by atoms with Crippen LogP contribution in [0.2, 0.25) is 0 Å². The monoisotopic (exact) mass is 1610 g/mol. The van der Waals surface area contributed by atoms with Gasteiger partial charge in [-0.3, -0.25) is 28.4 Å². The van der Waals surface area contributed by atoms with Gasteiger partial charge in [0.2, 0.25) is 0 Å². The van der Waals surface area contributed by atoms with Crippen molar-refractivity contribution in [2.45, 2.75) is 89.2 Å². The molecule has 0 radical (unpaired) electrons. The van der Waals surface area contributed by atoms with Crippen molar-refractivity contribution in [1.29, 1.82) is 0 Å². The Morgan fingerprint density at radius 3 is 0.946 bits per heavy atom. The van der Waals surface area contributed by atoms with Crippen LogP contribution >= 0.6 is 35.3 Å². The highest BCUT2D eigenvalue weighted by Gasteiger charge is 2.36. The molecular formula is C66H48F12N18O12S3. The van der Waals surface area contributed by atoms with Crippen molar-refractivity contribution in [3.8, 4) is 51.0 Å².